The fraction of sp³-hybridized carbons (Fsp3) is 0.0909. The Morgan fingerprint density at radius 2 is 1.68 bits per heavy atom. The maximum atomic E-state index is 4.52. The third-order valence-electron chi connectivity index (χ3n) is 7.33. The van der Waals surface area contributed by atoms with Crippen LogP contribution in [0.15, 0.2) is 115 Å². The van der Waals surface area contributed by atoms with Crippen molar-refractivity contribution in [3.63, 3.8) is 0 Å². The molecular formula is C33H26N4. The molecule has 1 aliphatic heterocycles. The lowest BCUT2D eigenvalue weighted by Gasteiger charge is -2.33. The van der Waals surface area contributed by atoms with Crippen LogP contribution in [0.25, 0.3) is 43.7 Å². The highest BCUT2D eigenvalue weighted by molar-refractivity contribution is 6.18. The van der Waals surface area contributed by atoms with Crippen LogP contribution in [-0.4, -0.2) is 15.8 Å². The van der Waals surface area contributed by atoms with E-state index < -0.39 is 0 Å². The number of hydrogen-bond donors (Lipinski definition) is 0. The Labute approximate surface area is 215 Å². The van der Waals surface area contributed by atoms with E-state index in [0.717, 1.165) is 11.4 Å². The minimum absolute atomic E-state index is 0.0859. The van der Waals surface area contributed by atoms with Gasteiger partial charge in [0, 0.05) is 45.9 Å². The Morgan fingerprint density at radius 1 is 0.811 bits per heavy atom. The molecule has 2 aromatic heterocycles. The van der Waals surface area contributed by atoms with Gasteiger partial charge in [0.1, 0.15) is 0 Å². The van der Waals surface area contributed by atoms with Crippen LogP contribution < -0.4 is 4.90 Å². The average molecular weight is 479 g/mol. The number of fused-ring (bicyclic) bond motifs is 5. The van der Waals surface area contributed by atoms with Gasteiger partial charge in [-0.3, -0.25) is 9.98 Å². The van der Waals surface area contributed by atoms with Crippen molar-refractivity contribution in [3.05, 3.63) is 110 Å². The molecule has 0 N–H and O–H groups in total. The van der Waals surface area contributed by atoms with Crippen LogP contribution >= 0.6 is 0 Å². The van der Waals surface area contributed by atoms with E-state index in [1.807, 2.05) is 43.9 Å². The summed E-state index contributed by atoms with van der Waals surface area (Å²) in [5.74, 6) is 0. The summed E-state index contributed by atoms with van der Waals surface area (Å²) in [6.45, 7) is 4.19. The number of hydrogen-bond acceptors (Lipinski definition) is 3. The molecule has 0 bridgehead atoms. The van der Waals surface area contributed by atoms with Crippen molar-refractivity contribution in [2.24, 2.45) is 4.99 Å². The lowest BCUT2D eigenvalue weighted by atomic mass is 9.90. The Bertz CT molecular complexity index is 1860. The molecule has 4 heteroatoms. The molecule has 37 heavy (non-hydrogen) atoms. The van der Waals surface area contributed by atoms with Crippen LogP contribution in [0.2, 0.25) is 0 Å². The molecule has 0 amide bonds. The van der Waals surface area contributed by atoms with E-state index in [4.69, 9.17) is 0 Å². The van der Waals surface area contributed by atoms with Gasteiger partial charge in [0.05, 0.1) is 34.8 Å². The van der Waals surface area contributed by atoms with Crippen LogP contribution in [0.3, 0.4) is 0 Å². The van der Waals surface area contributed by atoms with E-state index in [9.17, 15) is 0 Å². The van der Waals surface area contributed by atoms with E-state index in [0.29, 0.717) is 0 Å². The number of aliphatic imine (C=N–C) groups is 1. The Balaban J connectivity index is 1.60. The second kappa shape index (κ2) is 8.45. The monoisotopic (exact) mass is 478 g/mol. The summed E-state index contributed by atoms with van der Waals surface area (Å²) in [7, 11) is 0. The first-order valence-electron chi connectivity index (χ1n) is 12.7. The van der Waals surface area contributed by atoms with Crippen LogP contribution in [0.4, 0.5) is 17.1 Å². The van der Waals surface area contributed by atoms with Gasteiger partial charge in [-0.2, -0.15) is 0 Å². The molecule has 6 aromatic rings. The maximum Gasteiger partial charge on any atom is 0.0665 e. The highest BCUT2D eigenvalue weighted by Crippen LogP contribution is 2.52. The fourth-order valence-corrected chi connectivity index (χ4v) is 5.83. The second-order valence-electron chi connectivity index (χ2n) is 9.52. The molecule has 0 unspecified atom stereocenters. The molecule has 7 rings (SSSR count). The summed E-state index contributed by atoms with van der Waals surface area (Å²) in [5.41, 5.74) is 8.30. The van der Waals surface area contributed by atoms with Gasteiger partial charge in [0.2, 0.25) is 0 Å². The Kier molecular flexibility index (Phi) is 4.93. The molecule has 178 valence electrons. The largest absolute Gasteiger partial charge is 0.332 e. The molecule has 3 heterocycles. The van der Waals surface area contributed by atoms with Gasteiger partial charge < -0.3 is 9.47 Å². The number of benzene rings is 4. The summed E-state index contributed by atoms with van der Waals surface area (Å²) in [6, 6.07) is 30.8. The van der Waals surface area contributed by atoms with Crippen LogP contribution in [0.5, 0.6) is 0 Å². The molecule has 4 nitrogen and oxygen atoms in total. The van der Waals surface area contributed by atoms with Crippen molar-refractivity contribution in [2.45, 2.75) is 19.9 Å². The van der Waals surface area contributed by atoms with E-state index in [-0.39, 0.29) is 6.04 Å². The Morgan fingerprint density at radius 3 is 2.51 bits per heavy atom. The first-order valence-corrected chi connectivity index (χ1v) is 12.7. The van der Waals surface area contributed by atoms with Gasteiger partial charge in [-0.15, -0.1) is 0 Å². The predicted molar refractivity (Wildman–Crippen MR) is 156 cm³/mol. The number of para-hydroxylation sites is 1. The van der Waals surface area contributed by atoms with Gasteiger partial charge in [-0.05, 0) is 61.2 Å². The lowest BCUT2D eigenvalue weighted by molar-refractivity contribution is 0.763. The molecule has 0 aliphatic carbocycles. The summed E-state index contributed by atoms with van der Waals surface area (Å²) in [5, 5.41) is 5.02. The molecular weight excluding hydrogens is 452 g/mol. The molecule has 4 aromatic carbocycles. The molecule has 0 fully saturated rings. The average Bonchev–Trinajstić information content (AvgIpc) is 3.26. The first-order chi connectivity index (χ1) is 18.3. The lowest BCUT2D eigenvalue weighted by Crippen LogP contribution is -2.15. The molecule has 0 spiro atoms. The van der Waals surface area contributed by atoms with Crippen molar-refractivity contribution >= 4 is 55.9 Å². The number of anilines is 3. The third-order valence-corrected chi connectivity index (χ3v) is 7.33. The maximum absolute atomic E-state index is 4.52. The predicted octanol–water partition coefficient (Wildman–Crippen LogP) is 8.96. The summed E-state index contributed by atoms with van der Waals surface area (Å²) < 4.78 is 2.40. The van der Waals surface area contributed by atoms with Crippen molar-refractivity contribution in [3.8, 4) is 11.1 Å². The second-order valence-corrected chi connectivity index (χ2v) is 9.52. The quantitative estimate of drug-likeness (QED) is 0.237. The molecule has 0 radical (unpaired) electrons. The smallest absolute Gasteiger partial charge is 0.0665 e. The molecule has 1 aliphatic rings. The van der Waals surface area contributed by atoms with Gasteiger partial charge in [-0.25, -0.2) is 0 Å². The number of pyridine rings is 1. The summed E-state index contributed by atoms with van der Waals surface area (Å²) in [4.78, 5) is 11.3. The van der Waals surface area contributed by atoms with E-state index in [1.54, 1.807) is 0 Å². The standard InChI is InChI=1S/C33H26N4/c1-3-16-34-20-22(2)36-29-14-5-4-12-25(29)27-18-28-26-13-6-9-23-10-7-15-30(33(23)26)37(32(28)19-31(27)36)24-11-8-17-35-21-24/h3-22H,1-2H3/b16-3-,34-20-/t22-/m0/s1. The zero-order valence-corrected chi connectivity index (χ0v) is 20.8. The van der Waals surface area contributed by atoms with E-state index in [1.165, 1.54) is 49.4 Å². The van der Waals surface area contributed by atoms with Crippen molar-refractivity contribution in [2.75, 3.05) is 4.90 Å². The minimum Gasteiger partial charge on any atom is -0.332 e. The van der Waals surface area contributed by atoms with Crippen LogP contribution in [0, 0.1) is 0 Å². The number of aromatic nitrogens is 2. The highest BCUT2D eigenvalue weighted by Gasteiger charge is 2.28. The van der Waals surface area contributed by atoms with Crippen LogP contribution in [0.1, 0.15) is 19.9 Å². The number of rotatable bonds is 4. The SMILES string of the molecule is C/C=C\N=C/[C@H](C)n1c2ccccc2c2cc3c(cc21)N(c1cccnc1)c1cccc2cccc-3c12. The van der Waals surface area contributed by atoms with Crippen LogP contribution in [-0.2, 0) is 0 Å². The van der Waals surface area contributed by atoms with Gasteiger partial charge >= 0.3 is 0 Å². The fourth-order valence-electron chi connectivity index (χ4n) is 5.83. The summed E-state index contributed by atoms with van der Waals surface area (Å²) in [6.07, 6.45) is 9.59. The van der Waals surface area contributed by atoms with Gasteiger partial charge in [0.25, 0.3) is 0 Å². The molecule has 0 saturated heterocycles. The number of allylic oxidation sites excluding steroid dienone is 1. The minimum atomic E-state index is 0.0859. The van der Waals surface area contributed by atoms with E-state index >= 15 is 0 Å². The zero-order valence-electron chi connectivity index (χ0n) is 20.8. The molecule has 0 saturated carbocycles. The zero-order chi connectivity index (χ0) is 24.9. The van der Waals surface area contributed by atoms with Crippen molar-refractivity contribution < 1.29 is 0 Å². The van der Waals surface area contributed by atoms with E-state index in [2.05, 4.69) is 105 Å². The van der Waals surface area contributed by atoms with Gasteiger partial charge in [-0.1, -0.05) is 54.6 Å². The van der Waals surface area contributed by atoms with Crippen molar-refractivity contribution in [1.82, 2.24) is 9.55 Å². The topological polar surface area (TPSA) is 33.4 Å². The number of nitrogens with zero attached hydrogens (tertiary/aromatic N) is 4. The first kappa shape index (κ1) is 21.6. The normalized spacial score (nSPS) is 13.8. The third kappa shape index (κ3) is 3.22. The Hall–Kier alpha value is -4.70. The molecule has 1 atom stereocenters. The highest BCUT2D eigenvalue weighted by atomic mass is 15.2. The summed E-state index contributed by atoms with van der Waals surface area (Å²) >= 11 is 0. The van der Waals surface area contributed by atoms with Crippen molar-refractivity contribution in [1.29, 1.82) is 0 Å². The van der Waals surface area contributed by atoms with Gasteiger partial charge in [0.15, 0.2) is 0 Å².